The third-order valence-electron chi connectivity index (χ3n) is 5.75. The lowest BCUT2D eigenvalue weighted by Crippen LogP contribution is -2.40. The molecule has 3 aromatic rings. The average Bonchev–Trinajstić information content (AvgIpc) is 3.37. The fraction of sp³-hybridized carbons (Fsp3) is 0.346. The molecule has 3 heterocycles. The smallest absolute Gasteiger partial charge is 0.338 e. The first-order valence-corrected chi connectivity index (χ1v) is 14.1. The quantitative estimate of drug-likeness (QED) is 0.326. The number of methoxy groups -OCH3 is 1. The predicted octanol–water partition coefficient (Wildman–Crippen LogP) is 4.77. The molecule has 8 nitrogen and oxygen atoms in total. The minimum Gasteiger partial charge on any atom is -0.496 e. The van der Waals surface area contributed by atoms with E-state index in [9.17, 15) is 9.59 Å². The van der Waals surface area contributed by atoms with E-state index in [0.717, 1.165) is 16.5 Å². The maximum atomic E-state index is 13.8. The van der Waals surface area contributed by atoms with E-state index in [4.69, 9.17) is 18.9 Å². The summed E-state index contributed by atoms with van der Waals surface area (Å²) in [5.74, 6) is 1.34. The first-order valence-electron chi connectivity index (χ1n) is 11.7. The summed E-state index contributed by atoms with van der Waals surface area (Å²) in [6.07, 6.45) is 3.06. The monoisotopic (exact) mass is 651 g/mol. The summed E-state index contributed by atoms with van der Waals surface area (Å²) in [4.78, 5) is 34.2. The third-order valence-corrected chi connectivity index (χ3v) is 7.92. The Balaban J connectivity index is 1.98. The van der Waals surface area contributed by atoms with E-state index in [1.54, 1.807) is 30.7 Å². The van der Waals surface area contributed by atoms with Gasteiger partial charge in [0.1, 0.15) is 11.5 Å². The highest BCUT2D eigenvalue weighted by atomic mass is 79.9. The van der Waals surface area contributed by atoms with E-state index in [-0.39, 0.29) is 12.2 Å². The number of nitrogens with zero attached hydrogens (tertiary/aromatic N) is 3. The number of hydrogen-bond donors (Lipinski definition) is 0. The summed E-state index contributed by atoms with van der Waals surface area (Å²) in [5, 5.41) is 0. The minimum atomic E-state index is -0.707. The summed E-state index contributed by atoms with van der Waals surface area (Å²) in [5.41, 5.74) is 1.47. The highest BCUT2D eigenvalue weighted by Crippen LogP contribution is 2.36. The zero-order valence-corrected chi connectivity index (χ0v) is 25.1. The molecule has 0 spiro atoms. The van der Waals surface area contributed by atoms with Gasteiger partial charge >= 0.3 is 5.97 Å². The van der Waals surface area contributed by atoms with Gasteiger partial charge in [0.15, 0.2) is 4.80 Å². The molecule has 0 amide bonds. The molecule has 0 saturated carbocycles. The fourth-order valence-electron chi connectivity index (χ4n) is 4.17. The first-order chi connectivity index (χ1) is 17.7. The van der Waals surface area contributed by atoms with Crippen molar-refractivity contribution in [2.75, 3.05) is 32.7 Å². The van der Waals surface area contributed by atoms with Crippen molar-refractivity contribution >= 4 is 61.1 Å². The second-order valence-electron chi connectivity index (χ2n) is 8.50. The van der Waals surface area contributed by atoms with Gasteiger partial charge in [-0.2, -0.15) is 0 Å². The summed E-state index contributed by atoms with van der Waals surface area (Å²) in [7, 11) is 5.33. The molecule has 1 aromatic carbocycles. The Morgan fingerprint density at radius 2 is 2.00 bits per heavy atom. The van der Waals surface area contributed by atoms with Crippen molar-refractivity contribution in [3.8, 4) is 5.75 Å². The van der Waals surface area contributed by atoms with E-state index in [1.165, 1.54) is 11.3 Å². The van der Waals surface area contributed by atoms with Crippen molar-refractivity contribution < 1.29 is 18.7 Å². The van der Waals surface area contributed by atoms with E-state index in [2.05, 4.69) is 31.9 Å². The molecule has 0 fully saturated rings. The third kappa shape index (κ3) is 5.35. The number of thiazole rings is 1. The molecule has 0 radical (unpaired) electrons. The van der Waals surface area contributed by atoms with Gasteiger partial charge < -0.3 is 18.8 Å². The molecule has 196 valence electrons. The molecule has 0 N–H and O–H groups in total. The van der Waals surface area contributed by atoms with Crippen LogP contribution in [0.4, 0.5) is 5.88 Å². The number of aromatic nitrogens is 1. The number of esters is 1. The van der Waals surface area contributed by atoms with Crippen molar-refractivity contribution in [1.29, 1.82) is 0 Å². The largest absolute Gasteiger partial charge is 0.496 e. The summed E-state index contributed by atoms with van der Waals surface area (Å²) < 4.78 is 20.3. The lowest BCUT2D eigenvalue weighted by atomic mass is 9.94. The number of anilines is 1. The van der Waals surface area contributed by atoms with Gasteiger partial charge in [-0.05, 0) is 62.9 Å². The van der Waals surface area contributed by atoms with Crippen LogP contribution in [0.25, 0.3) is 6.08 Å². The molecule has 1 aliphatic heterocycles. The lowest BCUT2D eigenvalue weighted by Gasteiger charge is -2.26. The van der Waals surface area contributed by atoms with Gasteiger partial charge in [0, 0.05) is 26.2 Å². The minimum absolute atomic E-state index is 0.215. The van der Waals surface area contributed by atoms with Crippen LogP contribution < -0.4 is 24.5 Å². The number of fused-ring (bicyclic) bond motifs is 1. The molecule has 11 heteroatoms. The van der Waals surface area contributed by atoms with Crippen LogP contribution in [0.3, 0.4) is 0 Å². The lowest BCUT2D eigenvalue weighted by molar-refractivity contribution is -0.139. The maximum absolute atomic E-state index is 13.8. The van der Waals surface area contributed by atoms with Crippen LogP contribution in [-0.2, 0) is 9.53 Å². The van der Waals surface area contributed by atoms with Gasteiger partial charge in [-0.25, -0.2) is 9.79 Å². The Bertz CT molecular complexity index is 1550. The number of halogens is 2. The fourth-order valence-corrected chi connectivity index (χ4v) is 6.39. The van der Waals surface area contributed by atoms with Gasteiger partial charge in [0.2, 0.25) is 5.88 Å². The number of allylic oxidation sites excluding steroid dienone is 1. The standard InChI is InChI=1S/C26H27Br2N3O5S/c1-6-8-18-21(25(33)35-7-2)22(14-9-10-19(34-5)16(27)11-14)31-23(32)20(37-26(31)29-18)13-15-12-17(28)24(36-15)30(3)4/h9-13,22H,6-8H2,1-5H3/b20-13+/t22-/m0/s1. The molecule has 2 aromatic heterocycles. The summed E-state index contributed by atoms with van der Waals surface area (Å²) in [6.45, 7) is 4.00. The second kappa shape index (κ2) is 11.4. The summed E-state index contributed by atoms with van der Waals surface area (Å²) >= 11 is 8.31. The molecule has 37 heavy (non-hydrogen) atoms. The molecule has 0 aliphatic carbocycles. The van der Waals surface area contributed by atoms with Crippen LogP contribution in [0.2, 0.25) is 0 Å². The predicted molar refractivity (Wildman–Crippen MR) is 151 cm³/mol. The number of furan rings is 1. The molecule has 0 unspecified atom stereocenters. The van der Waals surface area contributed by atoms with Gasteiger partial charge in [0.05, 0.1) is 44.5 Å². The highest BCUT2D eigenvalue weighted by molar-refractivity contribution is 9.11. The number of rotatable bonds is 8. The average molecular weight is 653 g/mol. The Hall–Kier alpha value is -2.63. The van der Waals surface area contributed by atoms with E-state index in [0.29, 0.717) is 48.9 Å². The van der Waals surface area contributed by atoms with Crippen LogP contribution in [0.5, 0.6) is 5.75 Å². The number of ether oxygens (including phenoxy) is 2. The first kappa shape index (κ1) is 27.4. The number of hydrogen-bond acceptors (Lipinski definition) is 8. The Morgan fingerprint density at radius 1 is 1.24 bits per heavy atom. The van der Waals surface area contributed by atoms with Crippen LogP contribution in [0.15, 0.2) is 58.7 Å². The van der Waals surface area contributed by atoms with Crippen molar-refractivity contribution in [3.05, 3.63) is 75.5 Å². The van der Waals surface area contributed by atoms with Crippen molar-refractivity contribution in [1.82, 2.24) is 4.57 Å². The van der Waals surface area contributed by atoms with Crippen LogP contribution in [0.1, 0.15) is 44.1 Å². The molecule has 1 aliphatic rings. The van der Waals surface area contributed by atoms with Crippen molar-refractivity contribution in [3.63, 3.8) is 0 Å². The van der Waals surface area contributed by atoms with E-state index < -0.39 is 12.0 Å². The second-order valence-corrected chi connectivity index (χ2v) is 11.2. The van der Waals surface area contributed by atoms with Gasteiger partial charge in [-0.1, -0.05) is 30.7 Å². The molecule has 4 rings (SSSR count). The highest BCUT2D eigenvalue weighted by Gasteiger charge is 2.34. The molecule has 1 atom stereocenters. The maximum Gasteiger partial charge on any atom is 0.338 e. The molecular weight excluding hydrogens is 626 g/mol. The van der Waals surface area contributed by atoms with Crippen LogP contribution >= 0.6 is 43.2 Å². The zero-order valence-electron chi connectivity index (χ0n) is 21.1. The zero-order chi connectivity index (χ0) is 26.9. The molecule has 0 bridgehead atoms. The SMILES string of the molecule is CCCC1=C(C(=O)OCC)[C@H](c2ccc(OC)c(Br)c2)n2c(s/c(=C/c3cc(Br)c(N(C)C)o3)c2=O)=N1. The van der Waals surface area contributed by atoms with Gasteiger partial charge in [-0.15, -0.1) is 0 Å². The number of benzene rings is 1. The van der Waals surface area contributed by atoms with E-state index in [1.807, 2.05) is 44.1 Å². The number of carbonyl (C=O) groups excluding carboxylic acids is 1. The molecular formula is C26H27Br2N3O5S. The topological polar surface area (TPSA) is 86.3 Å². The number of carbonyl (C=O) groups is 1. The van der Waals surface area contributed by atoms with Crippen molar-refractivity contribution in [2.24, 2.45) is 4.99 Å². The summed E-state index contributed by atoms with van der Waals surface area (Å²) in [6, 6.07) is 6.63. The van der Waals surface area contributed by atoms with Crippen LogP contribution in [0, 0.1) is 0 Å². The van der Waals surface area contributed by atoms with Gasteiger partial charge in [-0.3, -0.25) is 9.36 Å². The molecule has 0 saturated heterocycles. The van der Waals surface area contributed by atoms with Crippen molar-refractivity contribution in [2.45, 2.75) is 32.7 Å². The van der Waals surface area contributed by atoms with E-state index >= 15 is 0 Å². The van der Waals surface area contributed by atoms with Gasteiger partial charge in [0.25, 0.3) is 5.56 Å². The Labute approximate surface area is 235 Å². The Kier molecular flexibility index (Phi) is 8.45. The van der Waals surface area contributed by atoms with Crippen LogP contribution in [-0.4, -0.2) is 38.3 Å². The normalized spacial score (nSPS) is 15.4. The Morgan fingerprint density at radius 3 is 2.59 bits per heavy atom.